The first-order chi connectivity index (χ1) is 8.75. The van der Waals surface area contributed by atoms with Crippen LogP contribution in [-0.4, -0.2) is 31.3 Å². The monoisotopic (exact) mass is 277 g/mol. The van der Waals surface area contributed by atoms with Crippen LogP contribution >= 0.6 is 0 Å². The molecule has 0 radical (unpaired) electrons. The first-order valence-corrected chi connectivity index (χ1v) is 5.86. The molecule has 0 aliphatic heterocycles. The molecule has 7 heteroatoms. The molecule has 0 aromatic carbocycles. The van der Waals surface area contributed by atoms with E-state index in [1.165, 1.54) is 7.11 Å². The molecule has 1 rings (SSSR count). The summed E-state index contributed by atoms with van der Waals surface area (Å²) in [5, 5.41) is 0. The molecule has 19 heavy (non-hydrogen) atoms. The SMILES string of the molecule is COCCN(c1cc(C(F)(F)F)cc(N)n1)C(C)C. The van der Waals surface area contributed by atoms with Crippen LogP contribution in [-0.2, 0) is 10.9 Å². The van der Waals surface area contributed by atoms with Crippen molar-refractivity contribution >= 4 is 11.6 Å². The number of nitrogen functional groups attached to an aromatic ring is 1. The molecule has 2 N–H and O–H groups in total. The van der Waals surface area contributed by atoms with Crippen LogP contribution < -0.4 is 10.6 Å². The Morgan fingerprint density at radius 3 is 2.47 bits per heavy atom. The van der Waals surface area contributed by atoms with E-state index in [0.717, 1.165) is 12.1 Å². The summed E-state index contributed by atoms with van der Waals surface area (Å²) < 4.78 is 43.2. The number of aromatic nitrogens is 1. The Bertz CT molecular complexity index is 421. The highest BCUT2D eigenvalue weighted by atomic mass is 19.4. The largest absolute Gasteiger partial charge is 0.416 e. The molecule has 0 aliphatic carbocycles. The summed E-state index contributed by atoms with van der Waals surface area (Å²) in [7, 11) is 1.53. The van der Waals surface area contributed by atoms with Crippen molar-refractivity contribution in [2.24, 2.45) is 0 Å². The van der Waals surface area contributed by atoms with Crippen molar-refractivity contribution in [1.29, 1.82) is 0 Å². The number of nitrogens with zero attached hydrogens (tertiary/aromatic N) is 2. The van der Waals surface area contributed by atoms with Gasteiger partial charge in [0.2, 0.25) is 0 Å². The zero-order chi connectivity index (χ0) is 14.6. The van der Waals surface area contributed by atoms with E-state index >= 15 is 0 Å². The lowest BCUT2D eigenvalue weighted by Crippen LogP contribution is -2.34. The van der Waals surface area contributed by atoms with Crippen LogP contribution in [0.3, 0.4) is 0 Å². The first kappa shape index (κ1) is 15.6. The molecule has 0 saturated heterocycles. The van der Waals surface area contributed by atoms with E-state index in [1.54, 1.807) is 4.90 Å². The van der Waals surface area contributed by atoms with Crippen LogP contribution in [0.15, 0.2) is 12.1 Å². The molecule has 108 valence electrons. The van der Waals surface area contributed by atoms with Crippen LogP contribution in [0.2, 0.25) is 0 Å². The molecule has 0 unspecified atom stereocenters. The average Bonchev–Trinajstić information content (AvgIpc) is 2.27. The van der Waals surface area contributed by atoms with E-state index in [9.17, 15) is 13.2 Å². The Balaban J connectivity index is 3.12. The smallest absolute Gasteiger partial charge is 0.384 e. The highest BCUT2D eigenvalue weighted by Crippen LogP contribution is 2.32. The van der Waals surface area contributed by atoms with Gasteiger partial charge in [0, 0.05) is 19.7 Å². The van der Waals surface area contributed by atoms with Gasteiger partial charge in [-0.2, -0.15) is 13.2 Å². The third-order valence-corrected chi connectivity index (χ3v) is 2.61. The van der Waals surface area contributed by atoms with E-state index in [0.29, 0.717) is 13.2 Å². The van der Waals surface area contributed by atoms with Gasteiger partial charge in [0.1, 0.15) is 11.6 Å². The number of halogens is 3. The molecule has 4 nitrogen and oxygen atoms in total. The van der Waals surface area contributed by atoms with Crippen LogP contribution in [0.1, 0.15) is 19.4 Å². The maximum Gasteiger partial charge on any atom is 0.416 e. The minimum atomic E-state index is -4.43. The highest BCUT2D eigenvalue weighted by Gasteiger charge is 2.32. The molecule has 1 aromatic heterocycles. The Labute approximate surface area is 110 Å². The second-order valence-corrected chi connectivity index (χ2v) is 4.42. The van der Waals surface area contributed by atoms with Crippen LogP contribution in [0.4, 0.5) is 24.8 Å². The van der Waals surface area contributed by atoms with Crippen LogP contribution in [0.5, 0.6) is 0 Å². The van der Waals surface area contributed by atoms with E-state index in [4.69, 9.17) is 10.5 Å². The summed E-state index contributed by atoms with van der Waals surface area (Å²) >= 11 is 0. The minimum Gasteiger partial charge on any atom is -0.384 e. The van der Waals surface area contributed by atoms with Gasteiger partial charge in [-0.3, -0.25) is 0 Å². The lowest BCUT2D eigenvalue weighted by atomic mass is 10.2. The predicted molar refractivity (Wildman–Crippen MR) is 68.0 cm³/mol. The zero-order valence-corrected chi connectivity index (χ0v) is 11.2. The normalized spacial score (nSPS) is 11.9. The fourth-order valence-corrected chi connectivity index (χ4v) is 1.67. The molecular formula is C12H18F3N3O. The van der Waals surface area contributed by atoms with Crippen molar-refractivity contribution in [1.82, 2.24) is 4.98 Å². The van der Waals surface area contributed by atoms with Gasteiger partial charge in [-0.05, 0) is 26.0 Å². The van der Waals surface area contributed by atoms with Gasteiger partial charge >= 0.3 is 6.18 Å². The van der Waals surface area contributed by atoms with Crippen molar-refractivity contribution in [2.45, 2.75) is 26.1 Å². The third-order valence-electron chi connectivity index (χ3n) is 2.61. The van der Waals surface area contributed by atoms with Crippen molar-refractivity contribution in [3.05, 3.63) is 17.7 Å². The van der Waals surface area contributed by atoms with Gasteiger partial charge in [-0.1, -0.05) is 0 Å². The van der Waals surface area contributed by atoms with Gasteiger partial charge in [-0.25, -0.2) is 4.98 Å². The van der Waals surface area contributed by atoms with Crippen molar-refractivity contribution in [3.8, 4) is 0 Å². The Morgan fingerprint density at radius 1 is 1.37 bits per heavy atom. The summed E-state index contributed by atoms with van der Waals surface area (Å²) in [5.74, 6) is 0.0623. The number of rotatable bonds is 5. The zero-order valence-electron chi connectivity index (χ0n) is 11.2. The van der Waals surface area contributed by atoms with Crippen LogP contribution in [0.25, 0.3) is 0 Å². The second-order valence-electron chi connectivity index (χ2n) is 4.42. The molecule has 0 atom stereocenters. The maximum atomic E-state index is 12.7. The topological polar surface area (TPSA) is 51.4 Å². The Morgan fingerprint density at radius 2 is 2.00 bits per heavy atom. The van der Waals surface area contributed by atoms with Gasteiger partial charge in [0.05, 0.1) is 12.2 Å². The predicted octanol–water partition coefficient (Wildman–Crippen LogP) is 2.54. The van der Waals surface area contributed by atoms with E-state index in [1.807, 2.05) is 13.8 Å². The lowest BCUT2D eigenvalue weighted by molar-refractivity contribution is -0.137. The first-order valence-electron chi connectivity index (χ1n) is 5.86. The summed E-state index contributed by atoms with van der Waals surface area (Å²) in [6.07, 6.45) is -4.43. The molecule has 0 aliphatic rings. The number of pyridine rings is 1. The number of hydrogen-bond donors (Lipinski definition) is 1. The minimum absolute atomic E-state index is 0.00877. The molecule has 1 heterocycles. The number of ether oxygens (including phenoxy) is 1. The molecule has 0 fully saturated rings. The van der Waals surface area contributed by atoms with Crippen molar-refractivity contribution in [3.63, 3.8) is 0 Å². The number of hydrogen-bond acceptors (Lipinski definition) is 4. The highest BCUT2D eigenvalue weighted by molar-refractivity contribution is 5.49. The van der Waals surface area contributed by atoms with Crippen molar-refractivity contribution in [2.75, 3.05) is 30.9 Å². The standard InChI is InChI=1S/C12H18F3N3O/c1-8(2)18(4-5-19-3)11-7-9(12(13,14)15)6-10(16)17-11/h6-8H,4-5H2,1-3H3,(H2,16,17). The van der Waals surface area contributed by atoms with E-state index < -0.39 is 11.7 Å². The summed E-state index contributed by atoms with van der Waals surface area (Å²) in [5.41, 5.74) is 4.66. The van der Waals surface area contributed by atoms with Gasteiger partial charge in [0.25, 0.3) is 0 Å². The van der Waals surface area contributed by atoms with E-state index in [2.05, 4.69) is 4.98 Å². The van der Waals surface area contributed by atoms with Gasteiger partial charge in [0.15, 0.2) is 0 Å². The maximum absolute atomic E-state index is 12.7. The number of alkyl halides is 3. The average molecular weight is 277 g/mol. The fraction of sp³-hybridized carbons (Fsp3) is 0.583. The molecule has 0 amide bonds. The molecule has 0 spiro atoms. The quantitative estimate of drug-likeness (QED) is 0.898. The summed E-state index contributed by atoms with van der Waals surface area (Å²) in [6.45, 7) is 4.58. The van der Waals surface area contributed by atoms with Crippen molar-refractivity contribution < 1.29 is 17.9 Å². The van der Waals surface area contributed by atoms with Gasteiger partial charge < -0.3 is 15.4 Å². The van der Waals surface area contributed by atoms with Crippen LogP contribution in [0, 0.1) is 0 Å². The molecular weight excluding hydrogens is 259 g/mol. The van der Waals surface area contributed by atoms with Gasteiger partial charge in [-0.15, -0.1) is 0 Å². The molecule has 0 saturated carbocycles. The molecule has 1 aromatic rings. The molecule has 0 bridgehead atoms. The van der Waals surface area contributed by atoms with E-state index in [-0.39, 0.29) is 17.7 Å². The Kier molecular flexibility index (Phi) is 4.99. The second kappa shape index (κ2) is 6.10. The summed E-state index contributed by atoms with van der Waals surface area (Å²) in [4.78, 5) is 5.69. The number of nitrogens with two attached hydrogens (primary N) is 1. The third kappa shape index (κ3) is 4.27. The number of methoxy groups -OCH3 is 1. The fourth-order valence-electron chi connectivity index (χ4n) is 1.67. The number of anilines is 2. The lowest BCUT2D eigenvalue weighted by Gasteiger charge is -2.28. The Hall–Kier alpha value is -1.50. The summed E-state index contributed by atoms with van der Waals surface area (Å²) in [6, 6.07) is 1.83.